The molecule has 2 unspecified atom stereocenters. The number of nitro groups is 1. The van der Waals surface area contributed by atoms with E-state index in [0.29, 0.717) is 6.42 Å². The fraction of sp³-hybridized carbons (Fsp3) is 0.875. The van der Waals surface area contributed by atoms with Gasteiger partial charge < -0.3 is 5.73 Å². The summed E-state index contributed by atoms with van der Waals surface area (Å²) in [7, 11) is 0. The standard InChI is InChI=1S/C16H27N3O3/c17-13-14(18)10-12-16(19(21)22)11-8-6-4-2-1-3-5-7-9-15(16)20/h14H,1-12,18H2. The Morgan fingerprint density at radius 2 is 1.73 bits per heavy atom. The van der Waals surface area contributed by atoms with Crippen molar-refractivity contribution in [2.45, 2.75) is 88.6 Å². The molecule has 1 aliphatic rings. The highest BCUT2D eigenvalue weighted by Crippen LogP contribution is 2.29. The maximum absolute atomic E-state index is 12.5. The van der Waals surface area contributed by atoms with Crippen molar-refractivity contribution in [3.8, 4) is 6.07 Å². The van der Waals surface area contributed by atoms with Crippen LogP contribution in [0.2, 0.25) is 0 Å². The summed E-state index contributed by atoms with van der Waals surface area (Å²) in [6.07, 6.45) is 8.62. The molecule has 22 heavy (non-hydrogen) atoms. The molecule has 0 aromatic rings. The number of carbonyl (C=O) groups excluding carboxylic acids is 1. The molecule has 0 amide bonds. The minimum absolute atomic E-state index is 0.0769. The first kappa shape index (κ1) is 18.6. The Bertz CT molecular complexity index is 419. The second-order valence-corrected chi connectivity index (χ2v) is 6.31. The number of hydrogen-bond donors (Lipinski definition) is 1. The maximum atomic E-state index is 12.5. The summed E-state index contributed by atoms with van der Waals surface area (Å²) in [6, 6.07) is 1.14. The van der Waals surface area contributed by atoms with E-state index in [9.17, 15) is 14.9 Å². The second-order valence-electron chi connectivity index (χ2n) is 6.31. The van der Waals surface area contributed by atoms with Crippen molar-refractivity contribution in [1.82, 2.24) is 0 Å². The number of ketones is 1. The fourth-order valence-corrected chi connectivity index (χ4v) is 3.14. The molecule has 124 valence electrons. The third-order valence-corrected chi connectivity index (χ3v) is 4.65. The predicted octanol–water partition coefficient (Wildman–Crippen LogP) is 3.12. The molecule has 0 spiro atoms. The van der Waals surface area contributed by atoms with E-state index in [1.54, 1.807) is 0 Å². The molecule has 1 fully saturated rings. The molecule has 2 N–H and O–H groups in total. The van der Waals surface area contributed by atoms with Crippen molar-refractivity contribution >= 4 is 5.78 Å². The van der Waals surface area contributed by atoms with Crippen LogP contribution in [0.1, 0.15) is 77.0 Å². The zero-order valence-corrected chi connectivity index (χ0v) is 13.3. The molecule has 0 bridgehead atoms. The van der Waals surface area contributed by atoms with Gasteiger partial charge in [-0.25, -0.2) is 0 Å². The Kier molecular flexibility index (Phi) is 8.03. The van der Waals surface area contributed by atoms with Crippen molar-refractivity contribution in [3.63, 3.8) is 0 Å². The summed E-state index contributed by atoms with van der Waals surface area (Å²) in [6.45, 7) is 0. The Labute approximate surface area is 132 Å². The Morgan fingerprint density at radius 1 is 1.18 bits per heavy atom. The molecule has 1 aliphatic carbocycles. The first-order valence-electron chi connectivity index (χ1n) is 8.36. The highest BCUT2D eigenvalue weighted by molar-refractivity contribution is 5.87. The predicted molar refractivity (Wildman–Crippen MR) is 83.7 cm³/mol. The third kappa shape index (κ3) is 5.38. The van der Waals surface area contributed by atoms with Gasteiger partial charge in [0.15, 0.2) is 0 Å². The average molecular weight is 309 g/mol. The van der Waals surface area contributed by atoms with Crippen LogP contribution < -0.4 is 5.73 Å². The lowest BCUT2D eigenvalue weighted by Gasteiger charge is -2.25. The molecule has 1 rings (SSSR count). The monoisotopic (exact) mass is 309 g/mol. The van der Waals surface area contributed by atoms with Gasteiger partial charge in [0, 0.05) is 24.2 Å². The zero-order chi connectivity index (χ0) is 16.4. The average Bonchev–Trinajstić information content (AvgIpc) is 2.49. The van der Waals surface area contributed by atoms with Crippen LogP contribution in [0, 0.1) is 21.4 Å². The maximum Gasteiger partial charge on any atom is 0.279 e. The quantitative estimate of drug-likeness (QED) is 0.633. The van der Waals surface area contributed by atoms with Gasteiger partial charge in [-0.05, 0) is 19.3 Å². The number of Topliss-reactive ketones (excluding diaryl/α,β-unsaturated/α-hetero) is 1. The lowest BCUT2D eigenvalue weighted by molar-refractivity contribution is -0.555. The van der Waals surface area contributed by atoms with Gasteiger partial charge in [0.1, 0.15) is 0 Å². The van der Waals surface area contributed by atoms with Crippen LogP contribution in [-0.2, 0) is 4.79 Å². The smallest absolute Gasteiger partial charge is 0.279 e. The fourth-order valence-electron chi connectivity index (χ4n) is 3.14. The first-order chi connectivity index (χ1) is 10.5. The van der Waals surface area contributed by atoms with E-state index in [1.165, 1.54) is 12.8 Å². The second kappa shape index (κ2) is 9.52. The van der Waals surface area contributed by atoms with Gasteiger partial charge in [-0.15, -0.1) is 0 Å². The lowest BCUT2D eigenvalue weighted by atomic mass is 9.80. The summed E-state index contributed by atoms with van der Waals surface area (Å²) in [5.41, 5.74) is 4.04. The number of nitrogens with two attached hydrogens (primary N) is 1. The molecular weight excluding hydrogens is 282 g/mol. The van der Waals surface area contributed by atoms with Gasteiger partial charge in [0.05, 0.1) is 12.1 Å². The topological polar surface area (TPSA) is 110 Å². The molecule has 0 aromatic heterocycles. The molecule has 0 radical (unpaired) electrons. The number of rotatable bonds is 4. The van der Waals surface area contributed by atoms with Gasteiger partial charge in [-0.2, -0.15) is 5.26 Å². The van der Waals surface area contributed by atoms with Crippen molar-refractivity contribution in [2.75, 3.05) is 0 Å². The van der Waals surface area contributed by atoms with E-state index in [-0.39, 0.29) is 31.5 Å². The van der Waals surface area contributed by atoms with E-state index in [2.05, 4.69) is 0 Å². The summed E-state index contributed by atoms with van der Waals surface area (Å²) in [5, 5.41) is 20.4. The van der Waals surface area contributed by atoms with Gasteiger partial charge >= 0.3 is 0 Å². The summed E-state index contributed by atoms with van der Waals surface area (Å²) in [5.74, 6) is -0.275. The van der Waals surface area contributed by atoms with Crippen LogP contribution in [0.3, 0.4) is 0 Å². The molecule has 0 saturated heterocycles. The lowest BCUT2D eigenvalue weighted by Crippen LogP contribution is -2.47. The Hall–Kier alpha value is -1.48. The van der Waals surface area contributed by atoms with Crippen LogP contribution in [-0.4, -0.2) is 22.3 Å². The van der Waals surface area contributed by atoms with Crippen LogP contribution in [0.5, 0.6) is 0 Å². The number of carbonyl (C=O) groups is 1. The Balaban J connectivity index is 2.85. The molecular formula is C16H27N3O3. The molecule has 6 nitrogen and oxygen atoms in total. The van der Waals surface area contributed by atoms with Crippen molar-refractivity contribution in [1.29, 1.82) is 5.26 Å². The normalized spacial score (nSPS) is 26.3. The number of nitriles is 1. The van der Waals surface area contributed by atoms with Crippen LogP contribution >= 0.6 is 0 Å². The van der Waals surface area contributed by atoms with E-state index in [1.807, 2.05) is 6.07 Å². The van der Waals surface area contributed by atoms with Gasteiger partial charge in [-0.1, -0.05) is 38.5 Å². The van der Waals surface area contributed by atoms with E-state index < -0.39 is 16.5 Å². The van der Waals surface area contributed by atoms with Crippen molar-refractivity contribution in [3.05, 3.63) is 10.1 Å². The molecule has 2 atom stereocenters. The van der Waals surface area contributed by atoms with E-state index >= 15 is 0 Å². The summed E-state index contributed by atoms with van der Waals surface area (Å²) in [4.78, 5) is 23.8. The molecule has 0 heterocycles. The summed E-state index contributed by atoms with van der Waals surface area (Å²) < 4.78 is 0. The molecule has 0 aromatic carbocycles. The van der Waals surface area contributed by atoms with Crippen LogP contribution in [0.15, 0.2) is 0 Å². The zero-order valence-electron chi connectivity index (χ0n) is 13.3. The highest BCUT2D eigenvalue weighted by Gasteiger charge is 2.48. The minimum Gasteiger partial charge on any atom is -0.316 e. The van der Waals surface area contributed by atoms with E-state index in [0.717, 1.165) is 32.1 Å². The van der Waals surface area contributed by atoms with Gasteiger partial charge in [-0.3, -0.25) is 14.9 Å². The number of hydrogen-bond acceptors (Lipinski definition) is 5. The first-order valence-corrected chi connectivity index (χ1v) is 8.36. The van der Waals surface area contributed by atoms with Gasteiger partial charge in [0.25, 0.3) is 5.54 Å². The SMILES string of the molecule is N#CC(N)CCC1([N+](=O)[O-])CCCCCCCCCCC1=O. The largest absolute Gasteiger partial charge is 0.316 e. The highest BCUT2D eigenvalue weighted by atomic mass is 16.6. The third-order valence-electron chi connectivity index (χ3n) is 4.65. The van der Waals surface area contributed by atoms with Crippen LogP contribution in [0.25, 0.3) is 0 Å². The molecule has 6 heteroatoms. The van der Waals surface area contributed by atoms with Crippen LogP contribution in [0.4, 0.5) is 0 Å². The molecule has 1 saturated carbocycles. The molecule has 0 aliphatic heterocycles. The van der Waals surface area contributed by atoms with E-state index in [4.69, 9.17) is 11.0 Å². The van der Waals surface area contributed by atoms with Gasteiger partial charge in [0.2, 0.25) is 5.78 Å². The Morgan fingerprint density at radius 3 is 2.27 bits per heavy atom. The minimum atomic E-state index is -1.53. The van der Waals surface area contributed by atoms with Crippen molar-refractivity contribution < 1.29 is 9.72 Å². The summed E-state index contributed by atoms with van der Waals surface area (Å²) >= 11 is 0. The van der Waals surface area contributed by atoms with Crippen molar-refractivity contribution in [2.24, 2.45) is 5.73 Å². The number of nitrogens with zero attached hydrogens (tertiary/aromatic N) is 2.